The lowest BCUT2D eigenvalue weighted by Gasteiger charge is -2.11. The summed E-state index contributed by atoms with van der Waals surface area (Å²) in [5, 5.41) is -0.835. The lowest BCUT2D eigenvalue weighted by atomic mass is 9.95. The molecule has 0 nitrogen and oxygen atoms in total. The van der Waals surface area contributed by atoms with Crippen LogP contribution >= 0.6 is 11.6 Å². The van der Waals surface area contributed by atoms with Crippen LogP contribution in [0.25, 0.3) is 0 Å². The van der Waals surface area contributed by atoms with Gasteiger partial charge in [-0.3, -0.25) is 0 Å². The molecule has 3 rings (SSSR count). The second kappa shape index (κ2) is 3.48. The van der Waals surface area contributed by atoms with Crippen LogP contribution in [0, 0.1) is 29.2 Å². The topological polar surface area (TPSA) is 0 Å². The zero-order valence-electron chi connectivity index (χ0n) is 8.48. The maximum Gasteiger partial charge on any atom is 0.197 e. The minimum absolute atomic E-state index is 0.101. The summed E-state index contributed by atoms with van der Waals surface area (Å²) in [6.07, 6.45) is 4.02. The Hall–Kier alpha value is -1.03. The highest BCUT2D eigenvalue weighted by Crippen LogP contribution is 2.55. The van der Waals surface area contributed by atoms with E-state index in [1.807, 2.05) is 0 Å². The van der Waals surface area contributed by atoms with E-state index in [4.69, 9.17) is 11.6 Å². The fourth-order valence-electron chi connectivity index (χ4n) is 2.78. The van der Waals surface area contributed by atoms with Crippen LogP contribution in [-0.2, 0) is 0 Å². The first-order valence-corrected chi connectivity index (χ1v) is 5.64. The molecule has 0 fully saturated rings. The summed E-state index contributed by atoms with van der Waals surface area (Å²) in [4.78, 5) is 0. The minimum Gasteiger partial charge on any atom is -0.203 e. The van der Waals surface area contributed by atoms with Crippen LogP contribution in [0.4, 0.5) is 17.6 Å². The Kier molecular flexibility index (Phi) is 2.27. The first-order valence-electron chi connectivity index (χ1n) is 5.20. The van der Waals surface area contributed by atoms with Crippen molar-refractivity contribution in [3.63, 3.8) is 0 Å². The average molecular weight is 263 g/mol. The van der Waals surface area contributed by atoms with Crippen LogP contribution in [0.3, 0.4) is 0 Å². The van der Waals surface area contributed by atoms with E-state index in [0.29, 0.717) is 6.42 Å². The van der Waals surface area contributed by atoms with Gasteiger partial charge in [-0.1, -0.05) is 12.2 Å². The summed E-state index contributed by atoms with van der Waals surface area (Å²) in [5.41, 5.74) is -0.321. The zero-order chi connectivity index (χ0) is 12.3. The SMILES string of the molecule is Fc1c(F)c(F)c2c(c1F)C(Cl)C1C=CCC21. The number of allylic oxidation sites excluding steroid dienone is 2. The molecule has 1 aromatic rings. The van der Waals surface area contributed by atoms with Crippen molar-refractivity contribution in [3.05, 3.63) is 46.5 Å². The number of hydrogen-bond donors (Lipinski definition) is 0. The van der Waals surface area contributed by atoms with Crippen LogP contribution in [0.1, 0.15) is 28.8 Å². The Morgan fingerprint density at radius 1 is 0.941 bits per heavy atom. The summed E-state index contributed by atoms with van der Waals surface area (Å²) < 4.78 is 53.6. The standard InChI is InChI=1S/C12H7ClF4/c13-8-5-3-1-2-4(5)6-7(8)10(15)12(17)11(16)9(6)14/h1,3-5,8H,2H2. The van der Waals surface area contributed by atoms with Crippen LogP contribution in [0.15, 0.2) is 12.2 Å². The van der Waals surface area contributed by atoms with Gasteiger partial charge < -0.3 is 0 Å². The summed E-state index contributed by atoms with van der Waals surface area (Å²) >= 11 is 6.00. The molecule has 0 saturated heterocycles. The van der Waals surface area contributed by atoms with E-state index in [2.05, 4.69) is 0 Å². The van der Waals surface area contributed by atoms with Gasteiger partial charge in [0.25, 0.3) is 0 Å². The fourth-order valence-corrected chi connectivity index (χ4v) is 3.25. The molecule has 1 aromatic carbocycles. The monoisotopic (exact) mass is 262 g/mol. The van der Waals surface area contributed by atoms with E-state index in [9.17, 15) is 17.6 Å². The van der Waals surface area contributed by atoms with Crippen LogP contribution in [0.2, 0.25) is 0 Å². The van der Waals surface area contributed by atoms with E-state index < -0.39 is 28.6 Å². The third-order valence-corrected chi connectivity index (χ3v) is 4.05. The highest BCUT2D eigenvalue weighted by atomic mass is 35.5. The van der Waals surface area contributed by atoms with E-state index in [0.717, 1.165) is 0 Å². The maximum absolute atomic E-state index is 13.7. The van der Waals surface area contributed by atoms with Gasteiger partial charge in [-0.05, 0) is 12.3 Å². The first kappa shape index (κ1) is 11.1. The van der Waals surface area contributed by atoms with Crippen molar-refractivity contribution < 1.29 is 17.6 Å². The molecule has 2 aliphatic carbocycles. The van der Waals surface area contributed by atoms with Gasteiger partial charge >= 0.3 is 0 Å². The molecule has 0 spiro atoms. The molecule has 5 heteroatoms. The highest BCUT2D eigenvalue weighted by Gasteiger charge is 2.46. The third kappa shape index (κ3) is 1.25. The van der Waals surface area contributed by atoms with Crippen molar-refractivity contribution >= 4 is 11.6 Å². The summed E-state index contributed by atoms with van der Waals surface area (Å²) in [5.74, 6) is -6.86. The van der Waals surface area contributed by atoms with Gasteiger partial charge in [0.05, 0.1) is 5.38 Å². The van der Waals surface area contributed by atoms with Crippen molar-refractivity contribution in [2.45, 2.75) is 17.7 Å². The van der Waals surface area contributed by atoms with Gasteiger partial charge in [0, 0.05) is 17.0 Å². The van der Waals surface area contributed by atoms with Gasteiger partial charge in [0.15, 0.2) is 23.3 Å². The first-order chi connectivity index (χ1) is 8.04. The molecule has 0 bridgehead atoms. The van der Waals surface area contributed by atoms with E-state index >= 15 is 0 Å². The molecule has 0 aromatic heterocycles. The average Bonchev–Trinajstić information content (AvgIpc) is 2.86. The van der Waals surface area contributed by atoms with Crippen LogP contribution < -0.4 is 0 Å². The smallest absolute Gasteiger partial charge is 0.197 e. The predicted octanol–water partition coefficient (Wildman–Crippen LogP) is 4.20. The molecule has 0 radical (unpaired) electrons. The van der Waals surface area contributed by atoms with Gasteiger partial charge in [-0.2, -0.15) is 0 Å². The molecule has 0 amide bonds. The Morgan fingerprint density at radius 2 is 1.53 bits per heavy atom. The Balaban J connectivity index is 2.32. The van der Waals surface area contributed by atoms with Crippen molar-refractivity contribution in [3.8, 4) is 0 Å². The predicted molar refractivity (Wildman–Crippen MR) is 54.9 cm³/mol. The highest BCUT2D eigenvalue weighted by molar-refractivity contribution is 6.21. The van der Waals surface area contributed by atoms with Crippen molar-refractivity contribution in [1.82, 2.24) is 0 Å². The van der Waals surface area contributed by atoms with Crippen molar-refractivity contribution in [1.29, 1.82) is 0 Å². The molecule has 17 heavy (non-hydrogen) atoms. The number of fused-ring (bicyclic) bond motifs is 3. The Bertz CT molecular complexity index is 538. The molecule has 90 valence electrons. The molecule has 3 atom stereocenters. The maximum atomic E-state index is 13.7. The molecule has 0 N–H and O–H groups in total. The number of rotatable bonds is 0. The molecule has 0 saturated carbocycles. The second-order valence-corrected chi connectivity index (χ2v) is 4.80. The molecule has 0 heterocycles. The van der Waals surface area contributed by atoms with E-state index in [1.54, 1.807) is 12.2 Å². The van der Waals surface area contributed by atoms with E-state index in [1.165, 1.54) is 0 Å². The van der Waals surface area contributed by atoms with Crippen molar-refractivity contribution in [2.75, 3.05) is 0 Å². The van der Waals surface area contributed by atoms with Gasteiger partial charge in [0.1, 0.15) is 0 Å². The number of hydrogen-bond acceptors (Lipinski definition) is 0. The van der Waals surface area contributed by atoms with E-state index in [-0.39, 0.29) is 23.0 Å². The largest absolute Gasteiger partial charge is 0.203 e. The van der Waals surface area contributed by atoms with Crippen LogP contribution in [0.5, 0.6) is 0 Å². The number of benzene rings is 1. The lowest BCUT2D eigenvalue weighted by molar-refractivity contribution is 0.400. The van der Waals surface area contributed by atoms with Gasteiger partial charge in [-0.15, -0.1) is 11.6 Å². The minimum atomic E-state index is -1.78. The third-order valence-electron chi connectivity index (χ3n) is 3.54. The quantitative estimate of drug-likeness (QED) is 0.216. The summed E-state index contributed by atoms with van der Waals surface area (Å²) in [6, 6.07) is 0. The summed E-state index contributed by atoms with van der Waals surface area (Å²) in [7, 11) is 0. The zero-order valence-corrected chi connectivity index (χ0v) is 9.24. The molecule has 0 aliphatic heterocycles. The normalized spacial score (nSPS) is 29.6. The summed E-state index contributed by atoms with van der Waals surface area (Å²) in [6.45, 7) is 0. The molecular weight excluding hydrogens is 256 g/mol. The Morgan fingerprint density at radius 3 is 2.18 bits per heavy atom. The molecular formula is C12H7ClF4. The number of halogens is 5. The van der Waals surface area contributed by atoms with Gasteiger partial charge in [-0.25, -0.2) is 17.6 Å². The van der Waals surface area contributed by atoms with Crippen LogP contribution in [-0.4, -0.2) is 0 Å². The molecule has 3 unspecified atom stereocenters. The fraction of sp³-hybridized carbons (Fsp3) is 0.333. The molecule has 2 aliphatic rings. The second-order valence-electron chi connectivity index (χ2n) is 4.33. The lowest BCUT2D eigenvalue weighted by Crippen LogP contribution is -2.06. The van der Waals surface area contributed by atoms with Crippen molar-refractivity contribution in [2.24, 2.45) is 5.92 Å². The van der Waals surface area contributed by atoms with Gasteiger partial charge in [0.2, 0.25) is 0 Å². The Labute approximate surface area is 99.9 Å². The number of alkyl halides is 1.